The lowest BCUT2D eigenvalue weighted by Gasteiger charge is -2.27. The minimum atomic E-state index is 0.615. The van der Waals surface area contributed by atoms with Crippen molar-refractivity contribution in [2.75, 3.05) is 24.5 Å². The second kappa shape index (κ2) is 3.92. The monoisotopic (exact) mass is 244 g/mol. The van der Waals surface area contributed by atoms with Crippen LogP contribution in [0.3, 0.4) is 0 Å². The van der Waals surface area contributed by atoms with Gasteiger partial charge in [0.05, 0.1) is 0 Å². The van der Waals surface area contributed by atoms with Gasteiger partial charge in [0, 0.05) is 36.9 Å². The number of aromatic nitrogens is 2. The second-order valence-electron chi connectivity index (χ2n) is 5.95. The molecular weight excluding hydrogens is 224 g/mol. The van der Waals surface area contributed by atoms with Gasteiger partial charge in [-0.25, -0.2) is 9.97 Å². The van der Waals surface area contributed by atoms with Crippen molar-refractivity contribution in [2.45, 2.75) is 32.2 Å². The Morgan fingerprint density at radius 2 is 2.22 bits per heavy atom. The topological polar surface area (TPSA) is 41.0 Å². The van der Waals surface area contributed by atoms with Crippen molar-refractivity contribution in [3.8, 4) is 0 Å². The van der Waals surface area contributed by atoms with Gasteiger partial charge in [0.2, 0.25) is 0 Å². The fourth-order valence-corrected chi connectivity index (χ4v) is 4.04. The Morgan fingerprint density at radius 1 is 1.28 bits per heavy atom. The summed E-state index contributed by atoms with van der Waals surface area (Å²) in [6, 6.07) is 0.615. The number of nitrogens with one attached hydrogen (secondary N) is 1. The lowest BCUT2D eigenvalue weighted by molar-refractivity contribution is 0.471. The molecule has 3 aliphatic rings. The lowest BCUT2D eigenvalue weighted by atomic mass is 9.95. The second-order valence-corrected chi connectivity index (χ2v) is 5.95. The van der Waals surface area contributed by atoms with Crippen LogP contribution in [-0.2, 0) is 12.8 Å². The number of fused-ring (bicyclic) bond motifs is 2. The number of hydrogen-bond donors (Lipinski definition) is 1. The first-order valence-corrected chi connectivity index (χ1v) is 7.14. The summed E-state index contributed by atoms with van der Waals surface area (Å²) in [4.78, 5) is 11.6. The maximum Gasteiger partial charge on any atom is 0.135 e. The van der Waals surface area contributed by atoms with Crippen molar-refractivity contribution in [3.05, 3.63) is 17.6 Å². The molecule has 3 heterocycles. The van der Waals surface area contributed by atoms with Crippen LogP contribution in [0.4, 0.5) is 5.82 Å². The number of rotatable bonds is 1. The summed E-state index contributed by atoms with van der Waals surface area (Å²) in [5, 5.41) is 3.52. The molecule has 1 aliphatic carbocycles. The first-order chi connectivity index (χ1) is 8.84. The minimum absolute atomic E-state index is 0.615. The Kier molecular flexibility index (Phi) is 2.34. The summed E-state index contributed by atoms with van der Waals surface area (Å²) in [6.45, 7) is 5.89. The molecule has 4 rings (SSSR count). The van der Waals surface area contributed by atoms with E-state index in [0.29, 0.717) is 6.04 Å². The van der Waals surface area contributed by atoms with Crippen molar-refractivity contribution in [3.63, 3.8) is 0 Å². The minimum Gasteiger partial charge on any atom is -0.353 e. The highest BCUT2D eigenvalue weighted by atomic mass is 15.3. The van der Waals surface area contributed by atoms with E-state index in [-0.39, 0.29) is 0 Å². The molecule has 2 aliphatic heterocycles. The van der Waals surface area contributed by atoms with Crippen molar-refractivity contribution < 1.29 is 0 Å². The van der Waals surface area contributed by atoms with Crippen molar-refractivity contribution in [1.82, 2.24) is 15.3 Å². The van der Waals surface area contributed by atoms with Crippen LogP contribution in [0.1, 0.15) is 24.6 Å². The molecule has 4 nitrogen and oxygen atoms in total. The van der Waals surface area contributed by atoms with Crippen LogP contribution in [0.5, 0.6) is 0 Å². The molecule has 2 saturated heterocycles. The summed E-state index contributed by atoms with van der Waals surface area (Å²) in [5.41, 5.74) is 2.72. The summed E-state index contributed by atoms with van der Waals surface area (Å²) in [7, 11) is 0. The van der Waals surface area contributed by atoms with Gasteiger partial charge >= 0.3 is 0 Å². The molecule has 3 atom stereocenters. The molecule has 0 radical (unpaired) electrons. The average molecular weight is 244 g/mol. The van der Waals surface area contributed by atoms with E-state index in [1.165, 1.54) is 49.6 Å². The molecule has 1 aromatic heterocycles. The van der Waals surface area contributed by atoms with Gasteiger partial charge in [-0.1, -0.05) is 0 Å². The Hall–Kier alpha value is -1.16. The van der Waals surface area contributed by atoms with E-state index in [2.05, 4.69) is 27.1 Å². The molecule has 2 fully saturated rings. The highest BCUT2D eigenvalue weighted by molar-refractivity contribution is 5.52. The predicted octanol–water partition coefficient (Wildman–Crippen LogP) is 1.01. The smallest absolute Gasteiger partial charge is 0.135 e. The van der Waals surface area contributed by atoms with Gasteiger partial charge in [-0.3, -0.25) is 0 Å². The average Bonchev–Trinajstić information content (AvgIpc) is 3.06. The van der Waals surface area contributed by atoms with Crippen LogP contribution in [0, 0.1) is 11.8 Å². The normalized spacial score (nSPS) is 33.8. The van der Waals surface area contributed by atoms with E-state index in [9.17, 15) is 0 Å². The molecular formula is C14H20N4. The Morgan fingerprint density at radius 3 is 3.11 bits per heavy atom. The first kappa shape index (κ1) is 10.7. The van der Waals surface area contributed by atoms with Crippen LogP contribution < -0.4 is 10.2 Å². The van der Waals surface area contributed by atoms with Gasteiger partial charge in [0.25, 0.3) is 0 Å². The highest BCUT2D eigenvalue weighted by Gasteiger charge is 2.43. The van der Waals surface area contributed by atoms with Crippen molar-refractivity contribution in [1.29, 1.82) is 0 Å². The van der Waals surface area contributed by atoms with Crippen LogP contribution in [0.25, 0.3) is 0 Å². The molecule has 18 heavy (non-hydrogen) atoms. The summed E-state index contributed by atoms with van der Waals surface area (Å²) < 4.78 is 0. The van der Waals surface area contributed by atoms with Crippen molar-refractivity contribution >= 4 is 5.82 Å². The van der Waals surface area contributed by atoms with Crippen LogP contribution >= 0.6 is 0 Å². The maximum atomic E-state index is 4.60. The summed E-state index contributed by atoms with van der Waals surface area (Å²) in [6.07, 6.45) is 5.32. The van der Waals surface area contributed by atoms with Gasteiger partial charge in [-0.2, -0.15) is 0 Å². The molecule has 0 amide bonds. The van der Waals surface area contributed by atoms with Gasteiger partial charge in [0.1, 0.15) is 12.1 Å². The number of hydrogen-bond acceptors (Lipinski definition) is 4. The Balaban J connectivity index is 1.70. The van der Waals surface area contributed by atoms with Crippen LogP contribution in [0.2, 0.25) is 0 Å². The van der Waals surface area contributed by atoms with E-state index in [1.807, 2.05) is 0 Å². The standard InChI is InChI=1S/C14H20N4/c1-9-12-6-15-5-10(12)7-18(9)14-11-3-2-4-13(11)16-8-17-14/h8-10,12,15H,2-7H2,1H3. The molecule has 0 aromatic carbocycles. The SMILES string of the molecule is CC1C2CNCC2CN1c1ncnc2c1CCC2. The lowest BCUT2D eigenvalue weighted by Crippen LogP contribution is -2.34. The summed E-state index contributed by atoms with van der Waals surface area (Å²) >= 11 is 0. The zero-order chi connectivity index (χ0) is 12.1. The van der Waals surface area contributed by atoms with Gasteiger partial charge < -0.3 is 10.2 Å². The van der Waals surface area contributed by atoms with E-state index in [1.54, 1.807) is 6.33 Å². The van der Waals surface area contributed by atoms with Gasteiger partial charge in [-0.05, 0) is 38.0 Å². The van der Waals surface area contributed by atoms with E-state index < -0.39 is 0 Å². The number of aryl methyl sites for hydroxylation is 1. The van der Waals surface area contributed by atoms with E-state index in [4.69, 9.17) is 0 Å². The predicted molar refractivity (Wildman–Crippen MR) is 70.7 cm³/mol. The maximum absolute atomic E-state index is 4.60. The third kappa shape index (κ3) is 1.41. The molecule has 0 saturated carbocycles. The molecule has 0 bridgehead atoms. The molecule has 1 aromatic rings. The van der Waals surface area contributed by atoms with Crippen LogP contribution in [-0.4, -0.2) is 35.6 Å². The summed E-state index contributed by atoms with van der Waals surface area (Å²) in [5.74, 6) is 2.85. The molecule has 1 N–H and O–H groups in total. The largest absolute Gasteiger partial charge is 0.353 e. The van der Waals surface area contributed by atoms with Gasteiger partial charge in [0.15, 0.2) is 0 Å². The molecule has 3 unspecified atom stereocenters. The van der Waals surface area contributed by atoms with E-state index >= 15 is 0 Å². The number of nitrogens with zero attached hydrogens (tertiary/aromatic N) is 3. The molecule has 0 spiro atoms. The zero-order valence-corrected chi connectivity index (χ0v) is 10.9. The fourth-order valence-electron chi connectivity index (χ4n) is 4.04. The van der Waals surface area contributed by atoms with Crippen LogP contribution in [0.15, 0.2) is 6.33 Å². The third-order valence-corrected chi connectivity index (χ3v) is 5.06. The first-order valence-electron chi connectivity index (χ1n) is 7.14. The number of anilines is 1. The Labute approximate surface area is 108 Å². The highest BCUT2D eigenvalue weighted by Crippen LogP contribution is 2.38. The molecule has 96 valence electrons. The molecule has 4 heteroatoms. The fraction of sp³-hybridized carbons (Fsp3) is 0.714. The van der Waals surface area contributed by atoms with Crippen molar-refractivity contribution in [2.24, 2.45) is 11.8 Å². The quantitative estimate of drug-likeness (QED) is 0.800. The zero-order valence-electron chi connectivity index (χ0n) is 10.9. The third-order valence-electron chi connectivity index (χ3n) is 5.06. The van der Waals surface area contributed by atoms with E-state index in [0.717, 1.165) is 18.3 Å². The Bertz CT molecular complexity index is 473. The van der Waals surface area contributed by atoms with Gasteiger partial charge in [-0.15, -0.1) is 0 Å².